The third kappa shape index (κ3) is 3.20. The van der Waals surface area contributed by atoms with Crippen LogP contribution in [0, 0.1) is 10.1 Å². The lowest BCUT2D eigenvalue weighted by Gasteiger charge is -2.03. The summed E-state index contributed by atoms with van der Waals surface area (Å²) in [5, 5.41) is 11.7. The van der Waals surface area contributed by atoms with Gasteiger partial charge in [0.2, 0.25) is 4.74 Å². The maximum absolute atomic E-state index is 12.4. The zero-order valence-corrected chi connectivity index (χ0v) is 13.8. The minimum atomic E-state index is -0.604. The van der Waals surface area contributed by atoms with Crippen LogP contribution >= 0.6 is 22.9 Å². The summed E-state index contributed by atoms with van der Waals surface area (Å²) in [4.78, 5) is 34.9. The van der Waals surface area contributed by atoms with Crippen molar-refractivity contribution in [3.05, 3.63) is 84.3 Å². The minimum absolute atomic E-state index is 0.00800. The second kappa shape index (κ2) is 6.51. The number of nitro benzene ring substituents is 1. The van der Waals surface area contributed by atoms with Gasteiger partial charge in [-0.05, 0) is 29.1 Å². The average Bonchev–Trinajstić information content (AvgIpc) is 2.55. The van der Waals surface area contributed by atoms with Crippen LogP contribution in [0.3, 0.4) is 0 Å². The highest BCUT2D eigenvalue weighted by atomic mass is 35.5. The smallest absolute Gasteiger partial charge is 0.288 e. The van der Waals surface area contributed by atoms with Crippen LogP contribution in [0.1, 0.15) is 15.9 Å². The second-order valence-electron chi connectivity index (χ2n) is 5.13. The van der Waals surface area contributed by atoms with E-state index in [-0.39, 0.29) is 33.2 Å². The Bertz CT molecular complexity index is 1030. The molecule has 1 aromatic heterocycles. The summed E-state index contributed by atoms with van der Waals surface area (Å²) < 4.78 is 0.489. The molecule has 0 bridgehead atoms. The lowest BCUT2D eigenvalue weighted by molar-refractivity contribution is -0.384. The van der Waals surface area contributed by atoms with Crippen LogP contribution in [0.5, 0.6) is 0 Å². The number of ketones is 1. The van der Waals surface area contributed by atoms with Gasteiger partial charge in [-0.15, -0.1) is 0 Å². The number of fused-ring (bicyclic) bond motifs is 1. The summed E-state index contributed by atoms with van der Waals surface area (Å²) in [5.41, 5.74) is 0.274. The molecule has 2 aromatic carbocycles. The maximum Gasteiger partial charge on any atom is 0.288 e. The summed E-state index contributed by atoms with van der Waals surface area (Å²) in [6.07, 6.45) is -0.0989. The monoisotopic (exact) mass is 359 g/mol. The quantitative estimate of drug-likeness (QED) is 0.396. The number of nitro groups is 1. The van der Waals surface area contributed by atoms with Crippen molar-refractivity contribution in [2.24, 2.45) is 0 Å². The number of benzene rings is 2. The zero-order valence-electron chi connectivity index (χ0n) is 12.2. The van der Waals surface area contributed by atoms with Crippen molar-refractivity contribution in [3.8, 4) is 0 Å². The molecule has 0 aliphatic rings. The molecule has 0 N–H and O–H groups in total. The number of hydrogen-bond donors (Lipinski definition) is 0. The molecule has 3 aromatic rings. The van der Waals surface area contributed by atoms with Gasteiger partial charge >= 0.3 is 0 Å². The molecule has 24 heavy (non-hydrogen) atoms. The van der Waals surface area contributed by atoms with Gasteiger partial charge in [-0.3, -0.25) is 19.7 Å². The van der Waals surface area contributed by atoms with Crippen molar-refractivity contribution >= 4 is 44.5 Å². The largest absolute Gasteiger partial charge is 0.294 e. The number of Topliss-reactive ketones (excluding diaryl/α,β-unsaturated/α-hetero) is 1. The Balaban J connectivity index is 1.96. The second-order valence-corrected chi connectivity index (χ2v) is 6.55. The van der Waals surface area contributed by atoms with E-state index in [4.69, 9.17) is 11.6 Å². The summed E-state index contributed by atoms with van der Waals surface area (Å²) in [5.74, 6) is -0.376. The fourth-order valence-electron chi connectivity index (χ4n) is 2.35. The Morgan fingerprint density at radius 3 is 2.67 bits per heavy atom. The number of rotatable bonds is 4. The van der Waals surface area contributed by atoms with E-state index in [1.54, 1.807) is 12.1 Å². The molecule has 0 spiro atoms. The van der Waals surface area contributed by atoms with Gasteiger partial charge in [0.1, 0.15) is 5.02 Å². The van der Waals surface area contributed by atoms with Crippen molar-refractivity contribution < 1.29 is 9.72 Å². The molecule has 120 valence electrons. The van der Waals surface area contributed by atoms with E-state index >= 15 is 0 Å². The van der Waals surface area contributed by atoms with E-state index < -0.39 is 4.92 Å². The number of carbonyl (C=O) groups excluding carboxylic acids is 1. The van der Waals surface area contributed by atoms with Gasteiger partial charge in [0.15, 0.2) is 5.78 Å². The highest BCUT2D eigenvalue weighted by Crippen LogP contribution is 2.26. The molecule has 0 atom stereocenters. The molecule has 0 saturated heterocycles. The van der Waals surface area contributed by atoms with Gasteiger partial charge in [0.05, 0.1) is 10.5 Å². The molecule has 0 amide bonds. The Labute approximate surface area is 145 Å². The first-order valence-corrected chi connectivity index (χ1v) is 8.14. The SMILES string of the molecule is O=C(Cc1ccc(Cl)c([N+](=O)[O-])c1)c1cc2ccccc2sc1=O. The van der Waals surface area contributed by atoms with Gasteiger partial charge in [0.25, 0.3) is 5.69 Å². The first kappa shape index (κ1) is 16.3. The lowest BCUT2D eigenvalue weighted by atomic mass is 10.0. The van der Waals surface area contributed by atoms with Crippen molar-refractivity contribution in [1.82, 2.24) is 0 Å². The Kier molecular flexibility index (Phi) is 4.42. The van der Waals surface area contributed by atoms with Crippen molar-refractivity contribution in [1.29, 1.82) is 0 Å². The maximum atomic E-state index is 12.4. The molecule has 0 fully saturated rings. The number of carbonyl (C=O) groups is 1. The van der Waals surface area contributed by atoms with Crippen LogP contribution in [0.2, 0.25) is 5.02 Å². The number of hydrogen-bond acceptors (Lipinski definition) is 5. The molecule has 0 saturated carbocycles. The molecule has 0 radical (unpaired) electrons. The molecule has 0 aliphatic carbocycles. The number of halogens is 1. The van der Waals surface area contributed by atoms with E-state index in [1.807, 2.05) is 24.3 Å². The molecule has 5 nitrogen and oxygen atoms in total. The van der Waals surface area contributed by atoms with Gasteiger partial charge in [0, 0.05) is 17.2 Å². The van der Waals surface area contributed by atoms with E-state index in [0.717, 1.165) is 21.4 Å². The highest BCUT2D eigenvalue weighted by Gasteiger charge is 2.17. The molecular weight excluding hydrogens is 350 g/mol. The first-order chi connectivity index (χ1) is 11.5. The Hall–Kier alpha value is -2.57. The van der Waals surface area contributed by atoms with E-state index in [9.17, 15) is 19.7 Å². The van der Waals surface area contributed by atoms with E-state index in [0.29, 0.717) is 5.56 Å². The van der Waals surface area contributed by atoms with Crippen LogP contribution in [0.25, 0.3) is 10.1 Å². The third-order valence-electron chi connectivity index (χ3n) is 3.51. The predicted molar refractivity (Wildman–Crippen MR) is 94.2 cm³/mol. The summed E-state index contributed by atoms with van der Waals surface area (Å²) in [7, 11) is 0. The summed E-state index contributed by atoms with van der Waals surface area (Å²) >= 11 is 6.77. The fourth-order valence-corrected chi connectivity index (χ4v) is 3.41. The normalized spacial score (nSPS) is 10.7. The first-order valence-electron chi connectivity index (χ1n) is 6.94. The van der Waals surface area contributed by atoms with Crippen molar-refractivity contribution in [3.63, 3.8) is 0 Å². The number of nitrogens with zero attached hydrogens (tertiary/aromatic N) is 1. The van der Waals surface area contributed by atoms with Crippen molar-refractivity contribution in [2.45, 2.75) is 6.42 Å². The van der Waals surface area contributed by atoms with E-state index in [2.05, 4.69) is 0 Å². The standard InChI is InChI=1S/C17H10ClNO4S/c18-13-6-5-10(7-14(13)19(22)23)8-15(20)12-9-11-3-1-2-4-16(11)24-17(12)21/h1-7,9H,8H2. The molecule has 7 heteroatoms. The van der Waals surface area contributed by atoms with Gasteiger partial charge in [-0.1, -0.05) is 47.2 Å². The minimum Gasteiger partial charge on any atom is -0.294 e. The van der Waals surface area contributed by atoms with Crippen LogP contribution in [-0.2, 0) is 6.42 Å². The van der Waals surface area contributed by atoms with Crippen LogP contribution in [0.15, 0.2) is 53.3 Å². The summed E-state index contributed by atoms with van der Waals surface area (Å²) in [6, 6.07) is 13.1. The highest BCUT2D eigenvalue weighted by molar-refractivity contribution is 7.16. The topological polar surface area (TPSA) is 77.3 Å². The fraction of sp³-hybridized carbons (Fsp3) is 0.0588. The third-order valence-corrected chi connectivity index (χ3v) is 4.83. The van der Waals surface area contributed by atoms with Crippen LogP contribution in [0.4, 0.5) is 5.69 Å². The van der Waals surface area contributed by atoms with Crippen molar-refractivity contribution in [2.75, 3.05) is 0 Å². The molecule has 1 heterocycles. The Morgan fingerprint density at radius 1 is 1.17 bits per heavy atom. The molecule has 0 unspecified atom stereocenters. The van der Waals surface area contributed by atoms with Gasteiger partial charge < -0.3 is 0 Å². The molecule has 3 rings (SSSR count). The average molecular weight is 360 g/mol. The summed E-state index contributed by atoms with van der Waals surface area (Å²) in [6.45, 7) is 0. The molecule has 0 aliphatic heterocycles. The van der Waals surface area contributed by atoms with E-state index in [1.165, 1.54) is 12.1 Å². The van der Waals surface area contributed by atoms with Crippen LogP contribution < -0.4 is 4.74 Å². The molecular formula is C17H10ClNO4S. The predicted octanol–water partition coefficient (Wildman–Crippen LogP) is 4.25. The van der Waals surface area contributed by atoms with Gasteiger partial charge in [-0.25, -0.2) is 0 Å². The lowest BCUT2D eigenvalue weighted by Crippen LogP contribution is -2.14. The zero-order chi connectivity index (χ0) is 17.3. The van der Waals surface area contributed by atoms with Crippen LogP contribution in [-0.4, -0.2) is 10.7 Å². The van der Waals surface area contributed by atoms with Gasteiger partial charge in [-0.2, -0.15) is 0 Å². The Morgan fingerprint density at radius 2 is 1.92 bits per heavy atom.